The van der Waals surface area contributed by atoms with Crippen molar-refractivity contribution in [3.8, 4) is 138 Å². The Morgan fingerprint density at radius 3 is 0.664 bits per heavy atom. The van der Waals surface area contributed by atoms with Crippen molar-refractivity contribution in [3.05, 3.63) is 330 Å². The van der Waals surface area contributed by atoms with E-state index in [1.807, 2.05) is 0 Å². The van der Waals surface area contributed by atoms with E-state index in [9.17, 15) is 112 Å². The highest BCUT2D eigenvalue weighted by atomic mass is 17.2. The molecule has 0 unspecified atom stereocenters. The largest absolute Gasteiger partial charge is 0.508 e. The number of phenols is 22. The van der Waals surface area contributed by atoms with Gasteiger partial charge in [-0.25, -0.2) is 0 Å². The van der Waals surface area contributed by atoms with Gasteiger partial charge in [-0.15, -0.1) is 0 Å². The van der Waals surface area contributed by atoms with Gasteiger partial charge in [-0.3, -0.25) is 9.78 Å². The van der Waals surface area contributed by atoms with E-state index < -0.39 is 28.7 Å². The molecule has 122 heavy (non-hydrogen) atoms. The quantitative estimate of drug-likeness (QED) is 0.0161. The van der Waals surface area contributed by atoms with Crippen LogP contribution in [0.15, 0.2) is 218 Å². The number of phenolic OH excluding ortho intramolecular Hbond substituents is 22. The van der Waals surface area contributed by atoms with Crippen LogP contribution in [0.3, 0.4) is 0 Å². The van der Waals surface area contributed by atoms with E-state index in [1.165, 1.54) is 164 Å². The van der Waals surface area contributed by atoms with Crippen molar-refractivity contribution in [1.29, 1.82) is 0 Å². The first-order valence-electron chi connectivity index (χ1n) is 38.4. The highest BCUT2D eigenvalue weighted by molar-refractivity contribution is 6.00. The highest BCUT2D eigenvalue weighted by Gasteiger charge is 2.28. The molecule has 0 aliphatic rings. The van der Waals surface area contributed by atoms with Crippen molar-refractivity contribution < 1.29 is 122 Å². The monoisotopic (exact) mass is 1640 g/mol. The molecule has 0 saturated heterocycles. The van der Waals surface area contributed by atoms with E-state index in [0.717, 1.165) is 0 Å². The molecular formula is C98H78O24. The molecule has 0 amide bonds. The minimum atomic E-state index is -0.432. The molecule has 0 spiro atoms. The average molecular weight is 1640 g/mol. The summed E-state index contributed by atoms with van der Waals surface area (Å²) in [5.41, 5.74) is 8.68. The van der Waals surface area contributed by atoms with Gasteiger partial charge in [0.15, 0.2) is 80.5 Å². The van der Waals surface area contributed by atoms with Crippen LogP contribution >= 0.6 is 0 Å². The second-order valence-corrected chi connectivity index (χ2v) is 30.7. The van der Waals surface area contributed by atoms with Crippen molar-refractivity contribution in [1.82, 2.24) is 0 Å². The van der Waals surface area contributed by atoms with Crippen LogP contribution in [-0.4, -0.2) is 112 Å². The second kappa shape index (κ2) is 32.0. The van der Waals surface area contributed by atoms with Crippen LogP contribution in [-0.2, 0) is 64.2 Å². The van der Waals surface area contributed by atoms with Crippen molar-refractivity contribution >= 4 is 43.1 Å². The zero-order chi connectivity index (χ0) is 86.0. The van der Waals surface area contributed by atoms with Crippen LogP contribution in [0.2, 0.25) is 0 Å². The van der Waals surface area contributed by atoms with Gasteiger partial charge in [-0.2, -0.15) is 0 Å². The van der Waals surface area contributed by atoms with Gasteiger partial charge in [0.2, 0.25) is 11.5 Å². The first kappa shape index (κ1) is 79.6. The van der Waals surface area contributed by atoms with Gasteiger partial charge < -0.3 is 112 Å². The van der Waals surface area contributed by atoms with E-state index in [0.29, 0.717) is 132 Å². The minimum Gasteiger partial charge on any atom is -0.508 e. The van der Waals surface area contributed by atoms with Gasteiger partial charge in [-0.1, -0.05) is 48.5 Å². The Hall–Kier alpha value is -16.2. The Morgan fingerprint density at radius 2 is 0.385 bits per heavy atom. The molecule has 0 aliphatic heterocycles. The molecule has 16 aromatic carbocycles. The second-order valence-electron chi connectivity index (χ2n) is 30.7. The van der Waals surface area contributed by atoms with E-state index in [1.54, 1.807) is 54.6 Å². The molecular weight excluding hydrogens is 1560 g/mol. The molecule has 0 heterocycles. The molecule has 0 fully saturated rings. The maximum Gasteiger partial charge on any atom is 0.220 e. The number of hydrogen-bond donors (Lipinski definition) is 22. The lowest BCUT2D eigenvalue weighted by atomic mass is 9.84. The zero-order valence-corrected chi connectivity index (χ0v) is 64.5. The molecule has 0 aliphatic carbocycles. The Kier molecular flexibility index (Phi) is 20.9. The van der Waals surface area contributed by atoms with Crippen LogP contribution in [0.5, 0.6) is 138 Å². The fraction of sp³-hybridized carbons (Fsp3) is 0.102. The van der Waals surface area contributed by atoms with Gasteiger partial charge in [-0.05, 0) is 347 Å². The number of benzene rings is 16. The van der Waals surface area contributed by atoms with E-state index >= 15 is 0 Å². The summed E-state index contributed by atoms with van der Waals surface area (Å²) in [5, 5.41) is 248. The Labute approximate surface area is 693 Å². The molecule has 24 nitrogen and oxygen atoms in total. The normalized spacial score (nSPS) is 11.5. The van der Waals surface area contributed by atoms with Gasteiger partial charge in [0.05, 0.1) is 0 Å². The van der Waals surface area contributed by atoms with Crippen molar-refractivity contribution in [2.45, 2.75) is 64.2 Å². The van der Waals surface area contributed by atoms with Crippen molar-refractivity contribution in [2.75, 3.05) is 0 Å². The Bertz CT molecular complexity index is 6890. The molecule has 0 bridgehead atoms. The zero-order valence-electron chi connectivity index (χ0n) is 64.5. The molecule has 0 aromatic heterocycles. The lowest BCUT2D eigenvalue weighted by Gasteiger charge is -2.21. The lowest BCUT2D eigenvalue weighted by Crippen LogP contribution is -2.03. The Morgan fingerprint density at radius 1 is 0.156 bits per heavy atom. The summed E-state index contributed by atoms with van der Waals surface area (Å²) in [6.07, 6.45) is -0.121. The predicted octanol–water partition coefficient (Wildman–Crippen LogP) is 17.1. The van der Waals surface area contributed by atoms with Crippen molar-refractivity contribution in [3.63, 3.8) is 0 Å². The van der Waals surface area contributed by atoms with E-state index in [2.05, 4.69) is 0 Å². The number of hydrogen-bond acceptors (Lipinski definition) is 24. The molecule has 0 atom stereocenters. The van der Waals surface area contributed by atoms with Gasteiger partial charge in [0.25, 0.3) is 0 Å². The first-order valence-corrected chi connectivity index (χ1v) is 38.4. The molecule has 22 N–H and O–H groups in total. The average Bonchev–Trinajstić information content (AvgIpc) is 0.726. The number of aromatic hydroxyl groups is 22. The maximum atomic E-state index is 12.6. The SMILES string of the molecule is Oc1cc(Cc2ccc(O)c(O)c2)c2cc(Cc3ccc(O)c(O)c3)c(O)c(Cc3c(O)cc(Cc4ccc(O)c(O)c4)c4c(Cc5ccc(OOc6ccc(Cc7cc(O)cc8c(Cc9c(O)cc(Cc%10ccc(O)c(O)c%10)c%10c(Cc%11ccc(O)c(O)c%11)cc(O)cc9%10)c(O)cc(Cc9ccc(O)c(O)c9)c78)cc6O)c(O)c5)cc(O)cc34)c2c1. The standard InChI is InChI=1S/C98H78O24/c99-63-33-55(17-47-1-9-76(103)85(112)25-47)67-37-62(24-52-6-14-81(108)90(117)30-52)98(120)75(68(67)41-63)46-71-74-44-66(102)36-58(97(74)61(40-84(71)111)23-51-5-13-80(107)89(116)29-51)20-54-8-16-94(92(119)32-54)122-121-93-15-7-53(31-91(93)118)19-57-35-65(101)43-73-70(83(110)39-60(96(57)73)22-50-4-12-79(106)88(115)28-50)45-69-72-42-64(100)34-56(18-48-2-10-77(104)86(113)26-48)95(72)59(38-82(69)109)21-49-3-11-78(105)87(114)27-49/h1-16,25-44,99-120H,17-24,45-46H2. The molecule has 24 heteroatoms. The summed E-state index contributed by atoms with van der Waals surface area (Å²) >= 11 is 0. The summed E-state index contributed by atoms with van der Waals surface area (Å²) in [5.74, 6) is -7.80. The molecule has 614 valence electrons. The number of fused-ring (bicyclic) bond motifs is 4. The fourth-order valence-electron chi connectivity index (χ4n) is 16.6. The van der Waals surface area contributed by atoms with Crippen LogP contribution in [0, 0.1) is 0 Å². The van der Waals surface area contributed by atoms with Crippen LogP contribution in [0.4, 0.5) is 0 Å². The lowest BCUT2D eigenvalue weighted by molar-refractivity contribution is -0.103. The third-order valence-corrected chi connectivity index (χ3v) is 22.3. The van der Waals surface area contributed by atoms with Gasteiger partial charge in [0.1, 0.15) is 46.0 Å². The summed E-state index contributed by atoms with van der Waals surface area (Å²) in [6, 6.07) is 52.6. The third-order valence-electron chi connectivity index (χ3n) is 22.3. The molecule has 0 radical (unpaired) electrons. The minimum absolute atomic E-state index is 0.00483. The van der Waals surface area contributed by atoms with Crippen LogP contribution in [0.25, 0.3) is 43.1 Å². The Balaban J connectivity index is 0.717. The summed E-state index contributed by atoms with van der Waals surface area (Å²) in [7, 11) is 0. The van der Waals surface area contributed by atoms with E-state index in [-0.39, 0.29) is 196 Å². The predicted molar refractivity (Wildman–Crippen MR) is 453 cm³/mol. The first-order chi connectivity index (χ1) is 58.4. The van der Waals surface area contributed by atoms with Crippen LogP contribution < -0.4 is 9.78 Å². The van der Waals surface area contributed by atoms with E-state index in [4.69, 9.17) is 9.78 Å². The fourth-order valence-corrected chi connectivity index (χ4v) is 16.6. The van der Waals surface area contributed by atoms with Gasteiger partial charge in [0, 0.05) is 41.5 Å². The summed E-state index contributed by atoms with van der Waals surface area (Å²) in [6.45, 7) is 0. The highest BCUT2D eigenvalue weighted by Crippen LogP contribution is 2.49. The molecule has 16 rings (SSSR count). The van der Waals surface area contributed by atoms with Gasteiger partial charge >= 0.3 is 0 Å². The third kappa shape index (κ3) is 16.1. The summed E-state index contributed by atoms with van der Waals surface area (Å²) in [4.78, 5) is 11.4. The molecule has 16 aromatic rings. The molecule has 0 saturated carbocycles. The van der Waals surface area contributed by atoms with Crippen LogP contribution in [0.1, 0.15) is 111 Å². The number of rotatable bonds is 23. The topological polar surface area (TPSA) is 464 Å². The maximum absolute atomic E-state index is 12.6. The van der Waals surface area contributed by atoms with Crippen molar-refractivity contribution in [2.24, 2.45) is 0 Å². The summed E-state index contributed by atoms with van der Waals surface area (Å²) < 4.78 is 0. The smallest absolute Gasteiger partial charge is 0.220 e.